The fourth-order valence-corrected chi connectivity index (χ4v) is 2.01. The van der Waals surface area contributed by atoms with E-state index in [0.717, 1.165) is 0 Å². The monoisotopic (exact) mass is 273 g/mol. The molecule has 1 aliphatic heterocycles. The fraction of sp³-hybridized carbons (Fsp3) is 0.300. The molecule has 1 unspecified atom stereocenters. The number of para-hydroxylation sites is 1. The van der Waals surface area contributed by atoms with E-state index in [4.69, 9.17) is 5.11 Å². The topological polar surface area (TPSA) is 40.5 Å². The standard InChI is InChI=1S/C10H9BrFNO2/c11-10(12)6-13(9(10)15)8-4-2-1-3-7(8)5-14/h1-4,14H,5-6H2. The van der Waals surface area contributed by atoms with Gasteiger partial charge < -0.3 is 10.0 Å². The molecule has 3 nitrogen and oxygen atoms in total. The van der Waals surface area contributed by atoms with Crippen molar-refractivity contribution in [2.75, 3.05) is 11.4 Å². The molecule has 0 aromatic heterocycles. The van der Waals surface area contributed by atoms with Crippen LogP contribution < -0.4 is 4.90 Å². The molecule has 0 spiro atoms. The van der Waals surface area contributed by atoms with Gasteiger partial charge in [0.05, 0.1) is 13.2 Å². The molecular weight excluding hydrogens is 265 g/mol. The summed E-state index contributed by atoms with van der Waals surface area (Å²) in [4.78, 5) is 12.7. The van der Waals surface area contributed by atoms with Crippen LogP contribution in [-0.4, -0.2) is 22.1 Å². The third-order valence-electron chi connectivity index (χ3n) is 2.37. The number of aliphatic hydroxyl groups is 1. The van der Waals surface area contributed by atoms with E-state index in [1.165, 1.54) is 4.90 Å². The third-order valence-corrected chi connectivity index (χ3v) is 2.96. The van der Waals surface area contributed by atoms with Crippen LogP contribution in [0.4, 0.5) is 10.1 Å². The molecule has 1 atom stereocenters. The van der Waals surface area contributed by atoms with Gasteiger partial charge in [-0.1, -0.05) is 18.2 Å². The molecule has 0 radical (unpaired) electrons. The summed E-state index contributed by atoms with van der Waals surface area (Å²) in [6, 6.07) is 6.89. The summed E-state index contributed by atoms with van der Waals surface area (Å²) in [6.45, 7) is -0.190. The highest BCUT2D eigenvalue weighted by Crippen LogP contribution is 2.38. The van der Waals surface area contributed by atoms with Crippen molar-refractivity contribution in [1.29, 1.82) is 0 Å². The second kappa shape index (κ2) is 3.57. The molecule has 5 heteroatoms. The van der Waals surface area contributed by atoms with E-state index in [2.05, 4.69) is 15.9 Å². The van der Waals surface area contributed by atoms with Gasteiger partial charge >= 0.3 is 0 Å². The number of carbonyl (C=O) groups excluding carboxylic acids is 1. The highest BCUT2D eigenvalue weighted by molar-refractivity contribution is 9.10. The second-order valence-electron chi connectivity index (χ2n) is 3.38. The van der Waals surface area contributed by atoms with Crippen molar-refractivity contribution in [3.8, 4) is 0 Å². The summed E-state index contributed by atoms with van der Waals surface area (Å²) < 4.78 is 11.3. The van der Waals surface area contributed by atoms with E-state index < -0.39 is 10.5 Å². The minimum absolute atomic E-state index is 0.0250. The van der Waals surface area contributed by atoms with Gasteiger partial charge in [-0.2, -0.15) is 0 Å². The number of amides is 1. The summed E-state index contributed by atoms with van der Waals surface area (Å²) in [5.41, 5.74) is 1.19. The van der Waals surface area contributed by atoms with Crippen molar-refractivity contribution >= 4 is 27.5 Å². The lowest BCUT2D eigenvalue weighted by atomic mass is 10.1. The second-order valence-corrected chi connectivity index (χ2v) is 4.64. The van der Waals surface area contributed by atoms with Crippen molar-refractivity contribution in [2.45, 2.75) is 11.2 Å². The Bertz CT molecular complexity index is 408. The number of β-lactam (4-membered cyclic amide) rings is 1. The molecule has 2 rings (SSSR count). The quantitative estimate of drug-likeness (QED) is 0.657. The lowest BCUT2D eigenvalue weighted by Crippen LogP contribution is -2.61. The first-order valence-corrected chi connectivity index (χ1v) is 5.24. The van der Waals surface area contributed by atoms with Gasteiger partial charge in [0.2, 0.25) is 0 Å². The molecule has 0 saturated carbocycles. The molecule has 1 heterocycles. The van der Waals surface area contributed by atoms with Gasteiger partial charge in [0, 0.05) is 11.3 Å². The maximum absolute atomic E-state index is 13.2. The van der Waals surface area contributed by atoms with E-state index in [9.17, 15) is 9.18 Å². The highest BCUT2D eigenvalue weighted by atomic mass is 79.9. The summed E-state index contributed by atoms with van der Waals surface area (Å²) >= 11 is 2.69. The Labute approximate surface area is 94.6 Å². The molecule has 15 heavy (non-hydrogen) atoms. The number of anilines is 1. The van der Waals surface area contributed by atoms with Crippen LogP contribution in [0, 0.1) is 0 Å². The molecule has 1 N–H and O–H groups in total. The number of halogens is 2. The summed E-state index contributed by atoms with van der Waals surface area (Å²) in [6.07, 6.45) is 0. The fourth-order valence-electron chi connectivity index (χ4n) is 1.55. The van der Waals surface area contributed by atoms with Crippen LogP contribution in [0.15, 0.2) is 24.3 Å². The van der Waals surface area contributed by atoms with Crippen LogP contribution in [0.3, 0.4) is 0 Å². The van der Waals surface area contributed by atoms with Crippen LogP contribution in [0.2, 0.25) is 0 Å². The molecular formula is C10H9BrFNO2. The van der Waals surface area contributed by atoms with Crippen LogP contribution >= 0.6 is 15.9 Å². The number of nitrogens with zero attached hydrogens (tertiary/aromatic N) is 1. The number of benzene rings is 1. The Kier molecular flexibility index (Phi) is 2.52. The Balaban J connectivity index is 2.29. The average Bonchev–Trinajstić information content (AvgIpc) is 2.25. The molecule has 1 aromatic carbocycles. The molecule has 0 bridgehead atoms. The number of alkyl halides is 2. The number of rotatable bonds is 2. The lowest BCUT2D eigenvalue weighted by molar-refractivity contribution is -0.130. The Hall–Kier alpha value is -0.940. The molecule has 0 aliphatic carbocycles. The Morgan fingerprint density at radius 1 is 1.53 bits per heavy atom. The van der Waals surface area contributed by atoms with Gasteiger partial charge in [0.15, 0.2) is 0 Å². The number of hydrogen-bond acceptors (Lipinski definition) is 2. The van der Waals surface area contributed by atoms with Gasteiger partial charge in [0.1, 0.15) is 0 Å². The molecule has 1 fully saturated rings. The number of hydrogen-bond donors (Lipinski definition) is 1. The molecule has 1 aliphatic rings. The van der Waals surface area contributed by atoms with E-state index >= 15 is 0 Å². The third kappa shape index (κ3) is 1.66. The van der Waals surface area contributed by atoms with Crippen molar-refractivity contribution in [1.82, 2.24) is 0 Å². The van der Waals surface area contributed by atoms with Gasteiger partial charge in [-0.05, 0) is 22.0 Å². The van der Waals surface area contributed by atoms with E-state index in [0.29, 0.717) is 11.3 Å². The van der Waals surface area contributed by atoms with E-state index in [1.54, 1.807) is 24.3 Å². The minimum Gasteiger partial charge on any atom is -0.392 e. The Morgan fingerprint density at radius 3 is 2.73 bits per heavy atom. The first kappa shape index (κ1) is 10.6. The minimum atomic E-state index is -1.93. The van der Waals surface area contributed by atoms with Gasteiger partial charge in [0.25, 0.3) is 10.5 Å². The van der Waals surface area contributed by atoms with Crippen molar-refractivity contribution in [3.63, 3.8) is 0 Å². The van der Waals surface area contributed by atoms with Crippen molar-refractivity contribution in [3.05, 3.63) is 29.8 Å². The van der Waals surface area contributed by atoms with Crippen LogP contribution in [0.5, 0.6) is 0 Å². The predicted molar refractivity (Wildman–Crippen MR) is 57.5 cm³/mol. The first-order valence-electron chi connectivity index (χ1n) is 4.45. The van der Waals surface area contributed by atoms with Gasteiger partial charge in [-0.15, -0.1) is 0 Å². The van der Waals surface area contributed by atoms with Crippen molar-refractivity contribution in [2.24, 2.45) is 0 Å². The Morgan fingerprint density at radius 2 is 2.20 bits per heavy atom. The molecule has 80 valence electrons. The van der Waals surface area contributed by atoms with Crippen LogP contribution in [0.1, 0.15) is 5.56 Å². The normalized spacial score (nSPS) is 25.3. The van der Waals surface area contributed by atoms with Crippen LogP contribution in [-0.2, 0) is 11.4 Å². The average molecular weight is 274 g/mol. The summed E-state index contributed by atoms with van der Waals surface area (Å²) in [7, 11) is 0. The maximum atomic E-state index is 13.2. The predicted octanol–water partition coefficient (Wildman–Crippen LogP) is 1.59. The van der Waals surface area contributed by atoms with Gasteiger partial charge in [-0.3, -0.25) is 4.79 Å². The maximum Gasteiger partial charge on any atom is 0.277 e. The summed E-state index contributed by atoms with van der Waals surface area (Å²) in [5.74, 6) is -0.622. The number of aliphatic hydroxyl groups excluding tert-OH is 1. The van der Waals surface area contributed by atoms with Crippen LogP contribution in [0.25, 0.3) is 0 Å². The first-order chi connectivity index (χ1) is 7.06. The van der Waals surface area contributed by atoms with Gasteiger partial charge in [-0.25, -0.2) is 4.39 Å². The highest BCUT2D eigenvalue weighted by Gasteiger charge is 2.52. The number of carbonyl (C=O) groups is 1. The van der Waals surface area contributed by atoms with E-state index in [1.807, 2.05) is 0 Å². The summed E-state index contributed by atoms with van der Waals surface area (Å²) in [5, 5.41) is 9.06. The zero-order valence-electron chi connectivity index (χ0n) is 7.78. The molecule has 1 saturated heterocycles. The zero-order chi connectivity index (χ0) is 11.1. The molecule has 1 aromatic rings. The smallest absolute Gasteiger partial charge is 0.277 e. The van der Waals surface area contributed by atoms with Crippen molar-refractivity contribution < 1.29 is 14.3 Å². The zero-order valence-corrected chi connectivity index (χ0v) is 9.37. The van der Waals surface area contributed by atoms with E-state index in [-0.39, 0.29) is 13.2 Å². The SMILES string of the molecule is O=C1N(c2ccccc2CO)CC1(F)Br. The lowest BCUT2D eigenvalue weighted by Gasteiger charge is -2.40. The largest absolute Gasteiger partial charge is 0.392 e. The molecule has 1 amide bonds.